The Balaban J connectivity index is 2.47. The molecule has 1 aromatic heterocycles. The molecule has 0 aliphatic carbocycles. The Hall–Kier alpha value is -1.34. The first kappa shape index (κ1) is 15.1. The number of pyridine rings is 1. The molecule has 0 unspecified atom stereocenters. The fraction of sp³-hybridized carbons (Fsp3) is 0.0833. The molecule has 0 saturated heterocycles. The second-order valence-corrected chi connectivity index (χ2v) is 6.32. The van der Waals surface area contributed by atoms with E-state index in [1.54, 1.807) is 12.1 Å². The summed E-state index contributed by atoms with van der Waals surface area (Å²) in [6.07, 6.45) is 1.45. The number of hydrogen-bond donors (Lipinski definition) is 2. The molecule has 0 aliphatic rings. The molecular weight excluding hydrogens is 323 g/mol. The number of nitrogens with zero attached hydrogens (tertiary/aromatic N) is 1. The minimum Gasteiger partial charge on any atom is -0.392 e. The van der Waals surface area contributed by atoms with Gasteiger partial charge in [0, 0.05) is 11.2 Å². The van der Waals surface area contributed by atoms with E-state index >= 15 is 0 Å². The van der Waals surface area contributed by atoms with E-state index in [1.807, 2.05) is 0 Å². The lowest BCUT2D eigenvalue weighted by Crippen LogP contribution is -2.15. The maximum Gasteiger partial charge on any atom is 0.264 e. The summed E-state index contributed by atoms with van der Waals surface area (Å²) in [4.78, 5) is 3.66. The molecule has 0 saturated carbocycles. The van der Waals surface area contributed by atoms with Gasteiger partial charge in [-0.25, -0.2) is 13.4 Å². The Morgan fingerprint density at radius 1 is 1.25 bits per heavy atom. The molecular formula is C12H10Cl2N2O3S. The lowest BCUT2D eigenvalue weighted by atomic mass is 10.2. The number of sulfonamides is 1. The van der Waals surface area contributed by atoms with E-state index < -0.39 is 16.6 Å². The third-order valence-corrected chi connectivity index (χ3v) is 4.60. The minimum atomic E-state index is -3.94. The van der Waals surface area contributed by atoms with E-state index in [4.69, 9.17) is 28.3 Å². The average Bonchev–Trinajstić information content (AvgIpc) is 2.41. The smallest absolute Gasteiger partial charge is 0.264 e. The number of nitrogens with one attached hydrogen (secondary N) is 1. The molecule has 20 heavy (non-hydrogen) atoms. The minimum absolute atomic E-state index is 0.0691. The molecule has 0 bridgehead atoms. The number of halogens is 2. The van der Waals surface area contributed by atoms with Gasteiger partial charge in [0.05, 0.1) is 11.6 Å². The van der Waals surface area contributed by atoms with E-state index in [-0.39, 0.29) is 26.3 Å². The SMILES string of the molecule is O=S(=O)(Nc1ccccn1)c1cc(Cl)cc(CO)c1Cl. The second kappa shape index (κ2) is 5.97. The quantitative estimate of drug-likeness (QED) is 0.902. The third-order valence-electron chi connectivity index (χ3n) is 2.44. The van der Waals surface area contributed by atoms with Gasteiger partial charge in [0.2, 0.25) is 0 Å². The molecule has 8 heteroatoms. The fourth-order valence-corrected chi connectivity index (χ4v) is 3.48. The summed E-state index contributed by atoms with van der Waals surface area (Å²) < 4.78 is 26.8. The zero-order chi connectivity index (χ0) is 14.8. The summed E-state index contributed by atoms with van der Waals surface area (Å²) in [6.45, 7) is -0.411. The van der Waals surface area contributed by atoms with Crippen molar-refractivity contribution < 1.29 is 13.5 Å². The van der Waals surface area contributed by atoms with Crippen LogP contribution in [-0.2, 0) is 16.6 Å². The van der Waals surface area contributed by atoms with Crippen LogP contribution in [-0.4, -0.2) is 18.5 Å². The molecule has 2 N–H and O–H groups in total. The van der Waals surface area contributed by atoms with Crippen molar-refractivity contribution in [2.45, 2.75) is 11.5 Å². The molecule has 1 aromatic carbocycles. The molecule has 0 aliphatic heterocycles. The third kappa shape index (κ3) is 3.21. The van der Waals surface area contributed by atoms with Gasteiger partial charge in [-0.3, -0.25) is 4.72 Å². The van der Waals surface area contributed by atoms with Gasteiger partial charge in [-0.05, 0) is 29.8 Å². The standard InChI is InChI=1S/C12H10Cl2N2O3S/c13-9-5-8(7-17)12(14)10(6-9)20(18,19)16-11-3-1-2-4-15-11/h1-6,17H,7H2,(H,15,16). The maximum atomic E-state index is 12.3. The highest BCUT2D eigenvalue weighted by Crippen LogP contribution is 2.30. The van der Waals surface area contributed by atoms with Crippen LogP contribution in [0.25, 0.3) is 0 Å². The lowest BCUT2D eigenvalue weighted by Gasteiger charge is -2.11. The zero-order valence-electron chi connectivity index (χ0n) is 10.0. The monoisotopic (exact) mass is 332 g/mol. The number of rotatable bonds is 4. The van der Waals surface area contributed by atoms with E-state index in [9.17, 15) is 8.42 Å². The molecule has 0 radical (unpaired) electrons. The van der Waals surface area contributed by atoms with Crippen LogP contribution in [0.1, 0.15) is 5.56 Å². The normalized spacial score (nSPS) is 11.3. The molecule has 1 heterocycles. The van der Waals surface area contributed by atoms with Crippen molar-refractivity contribution >= 4 is 39.0 Å². The van der Waals surface area contributed by atoms with Crippen molar-refractivity contribution in [1.29, 1.82) is 0 Å². The van der Waals surface area contributed by atoms with Crippen LogP contribution < -0.4 is 4.72 Å². The molecule has 5 nitrogen and oxygen atoms in total. The average molecular weight is 333 g/mol. The summed E-state index contributed by atoms with van der Waals surface area (Å²) in [7, 11) is -3.94. The van der Waals surface area contributed by atoms with Gasteiger partial charge >= 0.3 is 0 Å². The van der Waals surface area contributed by atoms with Crippen molar-refractivity contribution in [1.82, 2.24) is 4.98 Å². The van der Waals surface area contributed by atoms with Gasteiger partial charge in [-0.1, -0.05) is 29.3 Å². The predicted molar refractivity (Wildman–Crippen MR) is 77.4 cm³/mol. The molecule has 0 spiro atoms. The number of aromatic nitrogens is 1. The molecule has 2 aromatic rings. The lowest BCUT2D eigenvalue weighted by molar-refractivity contribution is 0.281. The van der Waals surface area contributed by atoms with Crippen molar-refractivity contribution in [3.63, 3.8) is 0 Å². The van der Waals surface area contributed by atoms with Crippen molar-refractivity contribution in [2.24, 2.45) is 0 Å². The number of anilines is 1. The Morgan fingerprint density at radius 2 is 2.00 bits per heavy atom. The van der Waals surface area contributed by atoms with Gasteiger partial charge in [-0.15, -0.1) is 0 Å². The highest BCUT2D eigenvalue weighted by atomic mass is 35.5. The topological polar surface area (TPSA) is 79.3 Å². The molecule has 106 valence electrons. The Kier molecular flexibility index (Phi) is 4.49. The first-order valence-electron chi connectivity index (χ1n) is 5.46. The Morgan fingerprint density at radius 3 is 2.60 bits per heavy atom. The van der Waals surface area contributed by atoms with Crippen molar-refractivity contribution in [3.8, 4) is 0 Å². The highest BCUT2D eigenvalue weighted by molar-refractivity contribution is 7.92. The number of aliphatic hydroxyl groups is 1. The van der Waals surface area contributed by atoms with Gasteiger partial charge in [0.1, 0.15) is 10.7 Å². The van der Waals surface area contributed by atoms with E-state index in [2.05, 4.69) is 9.71 Å². The first-order valence-corrected chi connectivity index (χ1v) is 7.70. The van der Waals surface area contributed by atoms with Crippen LogP contribution in [0.2, 0.25) is 10.0 Å². The summed E-state index contributed by atoms with van der Waals surface area (Å²) in [5.41, 5.74) is 0.237. The highest BCUT2D eigenvalue weighted by Gasteiger charge is 2.21. The van der Waals surface area contributed by atoms with Crippen molar-refractivity contribution in [2.75, 3.05) is 4.72 Å². The summed E-state index contributed by atoms with van der Waals surface area (Å²) in [5, 5.41) is 9.25. The van der Waals surface area contributed by atoms with Crippen molar-refractivity contribution in [3.05, 3.63) is 52.1 Å². The van der Waals surface area contributed by atoms with E-state index in [0.29, 0.717) is 0 Å². The van der Waals surface area contributed by atoms with E-state index in [1.165, 1.54) is 24.4 Å². The maximum absolute atomic E-state index is 12.3. The molecule has 0 fully saturated rings. The van der Waals surface area contributed by atoms with Crippen LogP contribution in [0, 0.1) is 0 Å². The Bertz CT molecular complexity index is 721. The predicted octanol–water partition coefficient (Wildman–Crippen LogP) is 2.68. The van der Waals surface area contributed by atoms with E-state index in [0.717, 1.165) is 0 Å². The summed E-state index contributed by atoms with van der Waals surface area (Å²) in [6, 6.07) is 7.43. The zero-order valence-corrected chi connectivity index (χ0v) is 12.4. The summed E-state index contributed by atoms with van der Waals surface area (Å²) in [5.74, 6) is 0.161. The number of aliphatic hydroxyl groups excluding tert-OH is 1. The molecule has 0 atom stereocenters. The summed E-state index contributed by atoms with van der Waals surface area (Å²) >= 11 is 11.8. The second-order valence-electron chi connectivity index (χ2n) is 3.86. The Labute approximate surface area is 126 Å². The van der Waals surface area contributed by atoms with Gasteiger partial charge < -0.3 is 5.11 Å². The van der Waals surface area contributed by atoms with Gasteiger partial charge in [0.25, 0.3) is 10.0 Å². The van der Waals surface area contributed by atoms with Crippen LogP contribution in [0.4, 0.5) is 5.82 Å². The van der Waals surface area contributed by atoms with Gasteiger partial charge in [-0.2, -0.15) is 0 Å². The number of hydrogen-bond acceptors (Lipinski definition) is 4. The number of benzene rings is 1. The largest absolute Gasteiger partial charge is 0.392 e. The van der Waals surface area contributed by atoms with Gasteiger partial charge in [0.15, 0.2) is 0 Å². The van der Waals surface area contributed by atoms with Crippen LogP contribution in [0.5, 0.6) is 0 Å². The van der Waals surface area contributed by atoms with Crippen LogP contribution in [0.15, 0.2) is 41.4 Å². The van der Waals surface area contributed by atoms with Crippen LogP contribution in [0.3, 0.4) is 0 Å². The fourth-order valence-electron chi connectivity index (χ4n) is 1.54. The first-order chi connectivity index (χ1) is 9.44. The molecule has 0 amide bonds. The van der Waals surface area contributed by atoms with Crippen LogP contribution >= 0.6 is 23.2 Å². The molecule has 2 rings (SSSR count).